The van der Waals surface area contributed by atoms with Gasteiger partial charge < -0.3 is 10.2 Å². The van der Waals surface area contributed by atoms with Crippen molar-refractivity contribution in [2.45, 2.75) is 40.3 Å². The average molecular weight is 334 g/mol. The molecule has 0 radical (unpaired) electrons. The smallest absolute Gasteiger partial charge is 0.317 e. The summed E-state index contributed by atoms with van der Waals surface area (Å²) in [5.74, 6) is 0.322. The molecule has 23 heavy (non-hydrogen) atoms. The molecule has 0 saturated heterocycles. The molecule has 0 bridgehead atoms. The molecule has 1 N–H and O–H groups in total. The summed E-state index contributed by atoms with van der Waals surface area (Å²) in [6.45, 7) is 9.67. The Hall–Kier alpha value is -1.82. The number of rotatable bonds is 6. The Kier molecular flexibility index (Phi) is 5.82. The summed E-state index contributed by atoms with van der Waals surface area (Å²) in [6, 6.07) is 6.19. The molecule has 0 aliphatic heterocycles. The van der Waals surface area contributed by atoms with Crippen molar-refractivity contribution in [2.24, 2.45) is 5.92 Å². The first-order chi connectivity index (χ1) is 10.9. The summed E-state index contributed by atoms with van der Waals surface area (Å²) in [7, 11) is 1.84. The maximum Gasteiger partial charge on any atom is 0.317 e. The minimum absolute atomic E-state index is 0.0360. The Morgan fingerprint density at radius 1 is 1.43 bits per heavy atom. The van der Waals surface area contributed by atoms with Crippen LogP contribution in [0.5, 0.6) is 0 Å². The minimum atomic E-state index is -0.0360. The van der Waals surface area contributed by atoms with Gasteiger partial charge >= 0.3 is 6.03 Å². The maximum atomic E-state index is 12.3. The van der Waals surface area contributed by atoms with Crippen LogP contribution in [0.4, 0.5) is 4.79 Å². The van der Waals surface area contributed by atoms with Gasteiger partial charge in [0.25, 0.3) is 0 Å². The molecule has 0 fully saturated rings. The highest BCUT2D eigenvalue weighted by Gasteiger charge is 2.18. The number of hydrogen-bond donors (Lipinski definition) is 1. The second kappa shape index (κ2) is 7.64. The monoisotopic (exact) mass is 334 g/mol. The van der Waals surface area contributed by atoms with Gasteiger partial charge in [-0.15, -0.1) is 11.3 Å². The van der Waals surface area contributed by atoms with Crippen molar-refractivity contribution >= 4 is 17.4 Å². The van der Waals surface area contributed by atoms with Gasteiger partial charge in [0.1, 0.15) is 0 Å². The van der Waals surface area contributed by atoms with Crippen LogP contribution in [0.25, 0.3) is 0 Å². The zero-order valence-electron chi connectivity index (χ0n) is 14.5. The standard InChI is InChI=1S/C17H26N4OS/c1-12(11-21-14(3)9-13(2)19-21)10-18-17(22)20(5)15(4)16-7-6-8-23-16/h6-9,12,15H,10-11H2,1-5H3,(H,18,22)/t12-,15+/m0/s1. The molecule has 126 valence electrons. The Balaban J connectivity index is 1.82. The number of carbonyl (C=O) groups is 1. The topological polar surface area (TPSA) is 50.2 Å². The van der Waals surface area contributed by atoms with E-state index in [4.69, 9.17) is 0 Å². The van der Waals surface area contributed by atoms with Crippen LogP contribution >= 0.6 is 11.3 Å². The lowest BCUT2D eigenvalue weighted by Gasteiger charge is -2.25. The maximum absolute atomic E-state index is 12.3. The highest BCUT2D eigenvalue weighted by Crippen LogP contribution is 2.23. The Bertz CT molecular complexity index is 635. The Morgan fingerprint density at radius 3 is 2.74 bits per heavy atom. The summed E-state index contributed by atoms with van der Waals surface area (Å²) in [4.78, 5) is 15.2. The number of nitrogens with one attached hydrogen (secondary N) is 1. The van der Waals surface area contributed by atoms with Crippen molar-refractivity contribution in [3.63, 3.8) is 0 Å². The summed E-state index contributed by atoms with van der Waals surface area (Å²) in [6.07, 6.45) is 0. The quantitative estimate of drug-likeness (QED) is 0.877. The molecular weight excluding hydrogens is 308 g/mol. The molecule has 6 heteroatoms. The van der Waals surface area contributed by atoms with E-state index in [0.717, 1.165) is 17.9 Å². The van der Waals surface area contributed by atoms with Gasteiger partial charge in [-0.3, -0.25) is 4.68 Å². The van der Waals surface area contributed by atoms with Crippen LogP contribution in [-0.4, -0.2) is 34.3 Å². The summed E-state index contributed by atoms with van der Waals surface area (Å²) in [5, 5.41) is 9.53. The average Bonchev–Trinajstić information content (AvgIpc) is 3.13. The minimum Gasteiger partial charge on any atom is -0.338 e. The normalized spacial score (nSPS) is 13.6. The number of nitrogens with zero attached hydrogens (tertiary/aromatic N) is 3. The van der Waals surface area contributed by atoms with E-state index in [2.05, 4.69) is 36.4 Å². The molecule has 2 atom stereocenters. The predicted molar refractivity (Wildman–Crippen MR) is 94.8 cm³/mol. The third kappa shape index (κ3) is 4.58. The predicted octanol–water partition coefficient (Wildman–Crippen LogP) is 3.60. The van der Waals surface area contributed by atoms with Crippen molar-refractivity contribution in [1.29, 1.82) is 0 Å². The highest BCUT2D eigenvalue weighted by molar-refractivity contribution is 7.10. The molecule has 2 heterocycles. The van der Waals surface area contributed by atoms with Gasteiger partial charge in [-0.25, -0.2) is 4.79 Å². The lowest BCUT2D eigenvalue weighted by molar-refractivity contribution is 0.193. The van der Waals surface area contributed by atoms with Gasteiger partial charge in [0.05, 0.1) is 11.7 Å². The largest absolute Gasteiger partial charge is 0.338 e. The van der Waals surface area contributed by atoms with Crippen LogP contribution in [0, 0.1) is 19.8 Å². The number of aromatic nitrogens is 2. The van der Waals surface area contributed by atoms with Crippen molar-refractivity contribution in [3.05, 3.63) is 39.8 Å². The fourth-order valence-electron chi connectivity index (χ4n) is 2.50. The molecule has 0 aliphatic rings. The van der Waals surface area contributed by atoms with Gasteiger partial charge in [-0.05, 0) is 44.2 Å². The second-order valence-electron chi connectivity index (χ2n) is 6.20. The van der Waals surface area contributed by atoms with E-state index in [9.17, 15) is 4.79 Å². The molecule has 5 nitrogen and oxygen atoms in total. The molecule has 2 aromatic rings. The van der Waals surface area contributed by atoms with Crippen molar-refractivity contribution in [3.8, 4) is 0 Å². The third-order valence-electron chi connectivity index (χ3n) is 4.05. The zero-order chi connectivity index (χ0) is 17.0. The van der Waals surface area contributed by atoms with E-state index in [0.29, 0.717) is 12.5 Å². The summed E-state index contributed by atoms with van der Waals surface area (Å²) < 4.78 is 2.00. The first-order valence-electron chi connectivity index (χ1n) is 7.93. The first kappa shape index (κ1) is 17.5. The number of hydrogen-bond acceptors (Lipinski definition) is 3. The third-order valence-corrected chi connectivity index (χ3v) is 5.09. The number of carbonyl (C=O) groups excluding carboxylic acids is 1. The zero-order valence-corrected chi connectivity index (χ0v) is 15.4. The summed E-state index contributed by atoms with van der Waals surface area (Å²) in [5.41, 5.74) is 2.19. The molecular formula is C17H26N4OS. The van der Waals surface area contributed by atoms with Gasteiger partial charge in [0.15, 0.2) is 0 Å². The fraction of sp³-hybridized carbons (Fsp3) is 0.529. The SMILES string of the molecule is Cc1cc(C)n(C[C@@H](C)CNC(=O)N(C)[C@H](C)c2cccs2)n1. The Labute approximate surface area is 142 Å². The second-order valence-corrected chi connectivity index (χ2v) is 7.18. The fourth-order valence-corrected chi connectivity index (χ4v) is 3.33. The van der Waals surface area contributed by atoms with E-state index >= 15 is 0 Å². The molecule has 2 aromatic heterocycles. The molecule has 2 amide bonds. The number of urea groups is 1. The lowest BCUT2D eigenvalue weighted by atomic mass is 10.2. The lowest BCUT2D eigenvalue weighted by Crippen LogP contribution is -2.40. The van der Waals surface area contributed by atoms with E-state index in [1.165, 1.54) is 4.88 Å². The van der Waals surface area contributed by atoms with Gasteiger partial charge in [-0.2, -0.15) is 5.10 Å². The van der Waals surface area contributed by atoms with E-state index in [1.54, 1.807) is 16.2 Å². The van der Waals surface area contributed by atoms with Gasteiger partial charge in [0, 0.05) is 30.7 Å². The number of thiophene rings is 1. The van der Waals surface area contributed by atoms with E-state index < -0.39 is 0 Å². The Morgan fingerprint density at radius 2 is 2.17 bits per heavy atom. The molecule has 0 saturated carbocycles. The molecule has 0 spiro atoms. The van der Waals surface area contributed by atoms with Crippen LogP contribution in [-0.2, 0) is 6.54 Å². The first-order valence-corrected chi connectivity index (χ1v) is 8.81. The molecule has 0 aromatic carbocycles. The van der Waals surface area contributed by atoms with Crippen LogP contribution < -0.4 is 5.32 Å². The van der Waals surface area contributed by atoms with Crippen LogP contribution in [0.1, 0.15) is 36.2 Å². The van der Waals surface area contributed by atoms with Gasteiger partial charge in [0.2, 0.25) is 0 Å². The van der Waals surface area contributed by atoms with Crippen molar-refractivity contribution < 1.29 is 4.79 Å². The van der Waals surface area contributed by atoms with E-state index in [1.807, 2.05) is 37.0 Å². The van der Waals surface area contributed by atoms with Crippen LogP contribution in [0.15, 0.2) is 23.6 Å². The van der Waals surface area contributed by atoms with E-state index in [-0.39, 0.29) is 12.1 Å². The van der Waals surface area contributed by atoms with Crippen molar-refractivity contribution in [2.75, 3.05) is 13.6 Å². The summed E-state index contributed by atoms with van der Waals surface area (Å²) >= 11 is 1.67. The number of aryl methyl sites for hydroxylation is 2. The van der Waals surface area contributed by atoms with Gasteiger partial charge in [-0.1, -0.05) is 13.0 Å². The highest BCUT2D eigenvalue weighted by atomic mass is 32.1. The molecule has 0 unspecified atom stereocenters. The number of amides is 2. The van der Waals surface area contributed by atoms with Crippen LogP contribution in [0.3, 0.4) is 0 Å². The molecule has 0 aliphatic carbocycles. The van der Waals surface area contributed by atoms with Crippen LogP contribution in [0.2, 0.25) is 0 Å². The molecule has 2 rings (SSSR count). The van der Waals surface area contributed by atoms with Crippen molar-refractivity contribution in [1.82, 2.24) is 20.0 Å².